The van der Waals surface area contributed by atoms with Crippen molar-refractivity contribution in [2.45, 2.75) is 0 Å². The Labute approximate surface area is 95.5 Å². The second-order valence-corrected chi connectivity index (χ2v) is 5.32. The molecule has 0 aliphatic rings. The predicted octanol–water partition coefficient (Wildman–Crippen LogP) is 1.42. The van der Waals surface area contributed by atoms with Crippen LogP contribution >= 0.6 is 15.9 Å². The number of nitrogens with zero attached hydrogens (tertiary/aromatic N) is 1. The Balaban J connectivity index is 3.00. The average Bonchev–Trinajstić information content (AvgIpc) is 2.10. The first-order valence-electron chi connectivity index (χ1n) is 3.80. The highest BCUT2D eigenvalue weighted by Gasteiger charge is 2.12. The summed E-state index contributed by atoms with van der Waals surface area (Å²) in [5, 5.41) is 17.6. The van der Waals surface area contributed by atoms with Gasteiger partial charge >= 0.3 is 0 Å². The highest BCUT2D eigenvalue weighted by molar-refractivity contribution is 9.10. The van der Waals surface area contributed by atoms with Gasteiger partial charge in [-0.1, -0.05) is 15.9 Å². The molecule has 0 atom stereocenters. The second-order valence-electron chi connectivity index (χ2n) is 2.68. The van der Waals surface area contributed by atoms with Crippen LogP contribution in [0.25, 0.3) is 0 Å². The summed E-state index contributed by atoms with van der Waals surface area (Å²) in [5.41, 5.74) is 0.0413. The molecule has 0 saturated heterocycles. The number of phenolic OH excluding ortho intramolecular Hbond substituents is 1. The summed E-state index contributed by atoms with van der Waals surface area (Å²) < 4.78 is 25.1. The van der Waals surface area contributed by atoms with Crippen LogP contribution in [0.4, 0.5) is 5.69 Å². The number of anilines is 1. The van der Waals surface area contributed by atoms with Crippen LogP contribution in [0, 0.1) is 11.3 Å². The van der Waals surface area contributed by atoms with Crippen molar-refractivity contribution < 1.29 is 13.5 Å². The fourth-order valence-corrected chi connectivity index (χ4v) is 1.98. The largest absolute Gasteiger partial charge is 0.506 e. The Morgan fingerprint density at radius 3 is 2.80 bits per heavy atom. The molecule has 0 heterocycles. The molecule has 2 N–H and O–H groups in total. The molecule has 15 heavy (non-hydrogen) atoms. The van der Waals surface area contributed by atoms with Crippen molar-refractivity contribution in [2.24, 2.45) is 0 Å². The van der Waals surface area contributed by atoms with Gasteiger partial charge in [0.15, 0.2) is 5.75 Å². The van der Waals surface area contributed by atoms with Crippen molar-refractivity contribution in [3.8, 4) is 11.8 Å². The first-order chi connectivity index (χ1) is 6.94. The van der Waals surface area contributed by atoms with Gasteiger partial charge in [0.25, 0.3) is 0 Å². The zero-order valence-electron chi connectivity index (χ0n) is 7.44. The molecule has 0 unspecified atom stereocenters. The van der Waals surface area contributed by atoms with Crippen LogP contribution in [0.15, 0.2) is 22.7 Å². The topological polar surface area (TPSA) is 90.2 Å². The van der Waals surface area contributed by atoms with E-state index in [9.17, 15) is 13.5 Å². The number of benzene rings is 1. The van der Waals surface area contributed by atoms with Crippen molar-refractivity contribution in [1.82, 2.24) is 0 Å². The number of halogens is 1. The second kappa shape index (κ2) is 4.51. The van der Waals surface area contributed by atoms with Gasteiger partial charge in [-0.05, 0) is 18.2 Å². The van der Waals surface area contributed by atoms with Gasteiger partial charge in [-0.15, -0.1) is 0 Å². The summed E-state index contributed by atoms with van der Waals surface area (Å²) in [7, 11) is -3.72. The van der Waals surface area contributed by atoms with Gasteiger partial charge in [-0.3, -0.25) is 4.72 Å². The molecule has 0 aromatic heterocycles. The van der Waals surface area contributed by atoms with E-state index in [1.54, 1.807) is 6.07 Å². The van der Waals surface area contributed by atoms with E-state index in [-0.39, 0.29) is 11.4 Å². The summed E-state index contributed by atoms with van der Waals surface area (Å²) >= 11 is 3.13. The van der Waals surface area contributed by atoms with Crippen LogP contribution in [-0.4, -0.2) is 19.3 Å². The zero-order valence-corrected chi connectivity index (χ0v) is 9.84. The molecule has 0 saturated carbocycles. The van der Waals surface area contributed by atoms with E-state index in [1.807, 2.05) is 0 Å². The van der Waals surface area contributed by atoms with Gasteiger partial charge in [-0.25, -0.2) is 8.42 Å². The summed E-state index contributed by atoms with van der Waals surface area (Å²) in [6, 6.07) is 5.83. The summed E-state index contributed by atoms with van der Waals surface area (Å²) in [6.45, 7) is 0. The maximum absolute atomic E-state index is 11.2. The van der Waals surface area contributed by atoms with Crippen LogP contribution in [0.5, 0.6) is 5.75 Å². The Morgan fingerprint density at radius 2 is 2.20 bits per heavy atom. The Morgan fingerprint density at radius 1 is 1.53 bits per heavy atom. The molecule has 0 radical (unpaired) electrons. The van der Waals surface area contributed by atoms with Gasteiger partial charge in [0.1, 0.15) is 5.75 Å². The maximum Gasteiger partial charge on any atom is 0.246 e. The van der Waals surface area contributed by atoms with Crippen molar-refractivity contribution in [1.29, 1.82) is 5.26 Å². The number of nitrogens with one attached hydrogen (secondary N) is 1. The van der Waals surface area contributed by atoms with Crippen LogP contribution in [0.1, 0.15) is 0 Å². The van der Waals surface area contributed by atoms with Crippen LogP contribution in [0.3, 0.4) is 0 Å². The first-order valence-corrected chi connectivity index (χ1v) is 6.25. The number of hydrogen-bond acceptors (Lipinski definition) is 4. The minimum Gasteiger partial charge on any atom is -0.506 e. The highest BCUT2D eigenvalue weighted by atomic mass is 79.9. The number of hydrogen-bond donors (Lipinski definition) is 2. The fourth-order valence-electron chi connectivity index (χ4n) is 0.879. The fraction of sp³-hybridized carbons (Fsp3) is 0.125. The zero-order chi connectivity index (χ0) is 11.5. The number of nitriles is 1. The smallest absolute Gasteiger partial charge is 0.246 e. The molecule has 5 nitrogen and oxygen atoms in total. The Kier molecular flexibility index (Phi) is 3.55. The van der Waals surface area contributed by atoms with Gasteiger partial charge in [0.2, 0.25) is 10.0 Å². The minimum atomic E-state index is -3.72. The van der Waals surface area contributed by atoms with E-state index in [1.165, 1.54) is 18.2 Å². The van der Waals surface area contributed by atoms with E-state index in [0.717, 1.165) is 0 Å². The number of phenols is 1. The van der Waals surface area contributed by atoms with Gasteiger partial charge in [0, 0.05) is 4.47 Å². The molecule has 1 aromatic rings. The summed E-state index contributed by atoms with van der Waals surface area (Å²) in [4.78, 5) is 0. The third-order valence-electron chi connectivity index (χ3n) is 1.48. The molecule has 0 bridgehead atoms. The molecule has 7 heteroatoms. The molecule has 1 rings (SSSR count). The first kappa shape index (κ1) is 11.8. The van der Waals surface area contributed by atoms with Crippen molar-refractivity contribution in [3.05, 3.63) is 22.7 Å². The SMILES string of the molecule is N#CCS(=O)(=O)Nc1cc(Br)ccc1O. The van der Waals surface area contributed by atoms with E-state index in [0.29, 0.717) is 4.47 Å². The maximum atomic E-state index is 11.2. The molecule has 0 fully saturated rings. The lowest BCUT2D eigenvalue weighted by Crippen LogP contribution is -2.15. The standard InChI is InChI=1S/C8H7BrN2O3S/c9-6-1-2-8(12)7(5-6)11-15(13,14)4-3-10/h1-2,5,11-12H,4H2. The van der Waals surface area contributed by atoms with E-state index in [2.05, 4.69) is 20.7 Å². The van der Waals surface area contributed by atoms with E-state index in [4.69, 9.17) is 5.26 Å². The minimum absolute atomic E-state index is 0.0413. The van der Waals surface area contributed by atoms with Gasteiger partial charge in [-0.2, -0.15) is 5.26 Å². The van der Waals surface area contributed by atoms with E-state index >= 15 is 0 Å². The lowest BCUT2D eigenvalue weighted by Gasteiger charge is -2.07. The molecule has 1 aromatic carbocycles. The average molecular weight is 291 g/mol. The summed E-state index contributed by atoms with van der Waals surface area (Å²) in [5.74, 6) is -0.849. The molecule has 0 aliphatic carbocycles. The van der Waals surface area contributed by atoms with E-state index < -0.39 is 15.8 Å². The number of aromatic hydroxyl groups is 1. The van der Waals surface area contributed by atoms with Crippen molar-refractivity contribution >= 4 is 31.6 Å². The third kappa shape index (κ3) is 3.42. The molecule has 80 valence electrons. The summed E-state index contributed by atoms with van der Waals surface area (Å²) in [6.07, 6.45) is 0. The van der Waals surface area contributed by atoms with Crippen LogP contribution < -0.4 is 4.72 Å². The van der Waals surface area contributed by atoms with Gasteiger partial charge in [0.05, 0.1) is 11.8 Å². The number of sulfonamides is 1. The Bertz CT molecular complexity index is 507. The lowest BCUT2D eigenvalue weighted by molar-refractivity contribution is 0.477. The quantitative estimate of drug-likeness (QED) is 0.824. The lowest BCUT2D eigenvalue weighted by atomic mass is 10.3. The predicted molar refractivity (Wildman–Crippen MR) is 58.8 cm³/mol. The highest BCUT2D eigenvalue weighted by Crippen LogP contribution is 2.27. The van der Waals surface area contributed by atoms with Crippen LogP contribution in [0.2, 0.25) is 0 Å². The van der Waals surface area contributed by atoms with Crippen molar-refractivity contribution in [2.75, 3.05) is 10.5 Å². The molecular formula is C8H7BrN2O3S. The molecule has 0 spiro atoms. The number of rotatable bonds is 3. The van der Waals surface area contributed by atoms with Gasteiger partial charge < -0.3 is 5.11 Å². The monoisotopic (exact) mass is 290 g/mol. The molecule has 0 aliphatic heterocycles. The third-order valence-corrected chi connectivity index (χ3v) is 3.01. The molecular weight excluding hydrogens is 284 g/mol. The Hall–Kier alpha value is -1.26. The molecule has 0 amide bonds. The normalized spacial score (nSPS) is 10.7. The van der Waals surface area contributed by atoms with Crippen molar-refractivity contribution in [3.63, 3.8) is 0 Å². The van der Waals surface area contributed by atoms with Crippen LogP contribution in [-0.2, 0) is 10.0 Å².